The van der Waals surface area contributed by atoms with Crippen molar-refractivity contribution in [3.8, 4) is 0 Å². The zero-order valence-electron chi connectivity index (χ0n) is 6.94. The van der Waals surface area contributed by atoms with E-state index < -0.39 is 0 Å². The first-order chi connectivity index (χ1) is 5.92. The number of aromatic nitrogens is 2. The first-order valence-electron chi connectivity index (χ1n) is 4.20. The third kappa shape index (κ3) is 1.23. The summed E-state index contributed by atoms with van der Waals surface area (Å²) in [7, 11) is 0. The smallest absolute Gasteiger partial charge is 0.0952 e. The topological polar surface area (TPSA) is 53.1 Å². The molecule has 1 saturated heterocycles. The summed E-state index contributed by atoms with van der Waals surface area (Å²) in [6, 6.07) is 0.450. The molecule has 1 unspecified atom stereocenters. The molecule has 1 aliphatic rings. The van der Waals surface area contributed by atoms with E-state index in [9.17, 15) is 0 Å². The van der Waals surface area contributed by atoms with Crippen LogP contribution in [-0.4, -0.2) is 22.8 Å². The molecule has 4 heteroatoms. The fourth-order valence-corrected chi connectivity index (χ4v) is 1.56. The lowest BCUT2D eigenvalue weighted by Crippen LogP contribution is -2.13. The molecule has 66 valence electrons. The molecule has 2 rings (SSSR count). The highest BCUT2D eigenvalue weighted by atomic mass is 16.5. The van der Waals surface area contributed by atoms with E-state index in [1.165, 1.54) is 0 Å². The minimum absolute atomic E-state index is 0.450. The van der Waals surface area contributed by atoms with E-state index in [2.05, 4.69) is 9.55 Å². The highest BCUT2D eigenvalue weighted by Gasteiger charge is 2.18. The second-order valence-corrected chi connectivity index (χ2v) is 3.01. The Hall–Kier alpha value is -0.870. The Morgan fingerprint density at radius 3 is 3.33 bits per heavy atom. The number of rotatable bonds is 2. The molecular weight excluding hydrogens is 154 g/mol. The lowest BCUT2D eigenvalue weighted by atomic mass is 10.2. The maximum absolute atomic E-state index is 5.56. The van der Waals surface area contributed by atoms with Gasteiger partial charge in [0.15, 0.2) is 0 Å². The van der Waals surface area contributed by atoms with Crippen LogP contribution < -0.4 is 5.73 Å². The van der Waals surface area contributed by atoms with Gasteiger partial charge >= 0.3 is 0 Å². The summed E-state index contributed by atoms with van der Waals surface area (Å²) in [6.45, 7) is 2.20. The van der Waals surface area contributed by atoms with Gasteiger partial charge in [-0.3, -0.25) is 0 Å². The van der Waals surface area contributed by atoms with E-state index in [0.29, 0.717) is 12.6 Å². The van der Waals surface area contributed by atoms with Crippen LogP contribution >= 0.6 is 0 Å². The van der Waals surface area contributed by atoms with Crippen molar-refractivity contribution in [3.05, 3.63) is 18.2 Å². The van der Waals surface area contributed by atoms with Crippen molar-refractivity contribution in [1.82, 2.24) is 9.55 Å². The molecule has 2 heterocycles. The molecule has 0 bridgehead atoms. The summed E-state index contributed by atoms with van der Waals surface area (Å²) < 4.78 is 7.41. The number of hydrogen-bond donors (Lipinski definition) is 1. The Bertz CT molecular complexity index is 253. The van der Waals surface area contributed by atoms with Gasteiger partial charge in [0.1, 0.15) is 0 Å². The Morgan fingerprint density at radius 2 is 2.67 bits per heavy atom. The zero-order valence-corrected chi connectivity index (χ0v) is 6.94. The summed E-state index contributed by atoms with van der Waals surface area (Å²) in [6.07, 6.45) is 4.73. The minimum atomic E-state index is 0.450. The molecule has 2 N–H and O–H groups in total. The summed E-state index contributed by atoms with van der Waals surface area (Å²) >= 11 is 0. The first-order valence-corrected chi connectivity index (χ1v) is 4.20. The molecule has 0 amide bonds. The predicted molar refractivity (Wildman–Crippen MR) is 44.6 cm³/mol. The van der Waals surface area contributed by atoms with Crippen molar-refractivity contribution in [2.75, 3.05) is 13.2 Å². The van der Waals surface area contributed by atoms with Gasteiger partial charge in [0.05, 0.1) is 24.7 Å². The fraction of sp³-hybridized carbons (Fsp3) is 0.625. The molecule has 0 spiro atoms. The fourth-order valence-electron chi connectivity index (χ4n) is 1.56. The molecule has 1 atom stereocenters. The van der Waals surface area contributed by atoms with Gasteiger partial charge < -0.3 is 15.0 Å². The van der Waals surface area contributed by atoms with Crippen LogP contribution in [0.2, 0.25) is 0 Å². The molecule has 4 nitrogen and oxygen atoms in total. The lowest BCUT2D eigenvalue weighted by molar-refractivity contribution is 0.186. The minimum Gasteiger partial charge on any atom is -0.379 e. The Kier molecular flexibility index (Phi) is 2.10. The summed E-state index contributed by atoms with van der Waals surface area (Å²) in [5.41, 5.74) is 6.65. The molecule has 1 aromatic rings. The molecular formula is C8H13N3O. The van der Waals surface area contributed by atoms with Crippen LogP contribution in [0.4, 0.5) is 0 Å². The van der Waals surface area contributed by atoms with Crippen LogP contribution in [0, 0.1) is 0 Å². The second-order valence-electron chi connectivity index (χ2n) is 3.01. The average molecular weight is 167 g/mol. The summed E-state index contributed by atoms with van der Waals surface area (Å²) in [5.74, 6) is 0. The van der Waals surface area contributed by atoms with Gasteiger partial charge in [-0.1, -0.05) is 0 Å². The van der Waals surface area contributed by atoms with Gasteiger partial charge in [-0.2, -0.15) is 0 Å². The van der Waals surface area contributed by atoms with Crippen LogP contribution in [0.3, 0.4) is 0 Å². The number of nitrogens with two attached hydrogens (primary N) is 1. The Balaban J connectivity index is 2.19. The largest absolute Gasteiger partial charge is 0.379 e. The number of ether oxygens (including phenoxy) is 1. The standard InChI is InChI=1S/C8H13N3O/c9-3-8-4-10-6-11(8)7-1-2-12-5-7/h4,6-7H,1-3,5,9H2. The van der Waals surface area contributed by atoms with Crippen molar-refractivity contribution in [1.29, 1.82) is 0 Å². The van der Waals surface area contributed by atoms with Crippen LogP contribution in [0.15, 0.2) is 12.5 Å². The van der Waals surface area contributed by atoms with Crippen molar-refractivity contribution >= 4 is 0 Å². The SMILES string of the molecule is NCc1cncn1C1CCOC1. The van der Waals surface area contributed by atoms with Gasteiger partial charge in [0, 0.05) is 19.3 Å². The lowest BCUT2D eigenvalue weighted by Gasteiger charge is -2.12. The number of hydrogen-bond acceptors (Lipinski definition) is 3. The van der Waals surface area contributed by atoms with Crippen LogP contribution in [0.25, 0.3) is 0 Å². The molecule has 1 fully saturated rings. The molecule has 0 saturated carbocycles. The third-order valence-corrected chi connectivity index (χ3v) is 2.25. The monoisotopic (exact) mass is 167 g/mol. The molecule has 0 aliphatic carbocycles. The highest BCUT2D eigenvalue weighted by molar-refractivity contribution is 5.00. The zero-order chi connectivity index (χ0) is 8.39. The maximum atomic E-state index is 5.56. The van der Waals surface area contributed by atoms with Gasteiger partial charge in [-0.25, -0.2) is 4.98 Å². The van der Waals surface area contributed by atoms with E-state index in [1.54, 1.807) is 0 Å². The van der Waals surface area contributed by atoms with Crippen molar-refractivity contribution in [2.45, 2.75) is 19.0 Å². The summed E-state index contributed by atoms with van der Waals surface area (Å²) in [4.78, 5) is 4.06. The van der Waals surface area contributed by atoms with E-state index >= 15 is 0 Å². The number of nitrogens with zero attached hydrogens (tertiary/aromatic N) is 2. The normalized spacial score (nSPS) is 23.2. The van der Waals surface area contributed by atoms with Crippen molar-refractivity contribution in [3.63, 3.8) is 0 Å². The van der Waals surface area contributed by atoms with Crippen molar-refractivity contribution in [2.24, 2.45) is 5.73 Å². The van der Waals surface area contributed by atoms with E-state index in [1.807, 2.05) is 12.5 Å². The molecule has 0 aromatic carbocycles. The van der Waals surface area contributed by atoms with E-state index in [-0.39, 0.29) is 0 Å². The van der Waals surface area contributed by atoms with Crippen LogP contribution in [0.5, 0.6) is 0 Å². The molecule has 1 aliphatic heterocycles. The average Bonchev–Trinajstić information content (AvgIpc) is 2.74. The molecule has 12 heavy (non-hydrogen) atoms. The van der Waals surface area contributed by atoms with Crippen molar-refractivity contribution < 1.29 is 4.74 Å². The quantitative estimate of drug-likeness (QED) is 0.689. The van der Waals surface area contributed by atoms with E-state index in [4.69, 9.17) is 10.5 Å². The first kappa shape index (κ1) is 7.76. The van der Waals surface area contributed by atoms with Gasteiger partial charge in [0.2, 0.25) is 0 Å². The third-order valence-electron chi connectivity index (χ3n) is 2.25. The maximum Gasteiger partial charge on any atom is 0.0952 e. The van der Waals surface area contributed by atoms with Gasteiger partial charge in [-0.05, 0) is 6.42 Å². The predicted octanol–water partition coefficient (Wildman–Crippen LogP) is 0.303. The van der Waals surface area contributed by atoms with Crippen LogP contribution in [-0.2, 0) is 11.3 Å². The Labute approximate surface area is 71.3 Å². The van der Waals surface area contributed by atoms with E-state index in [0.717, 1.165) is 25.3 Å². The number of imidazole rings is 1. The Morgan fingerprint density at radius 1 is 1.75 bits per heavy atom. The van der Waals surface area contributed by atoms with Gasteiger partial charge in [-0.15, -0.1) is 0 Å². The second kappa shape index (κ2) is 3.25. The van der Waals surface area contributed by atoms with Gasteiger partial charge in [0.25, 0.3) is 0 Å². The molecule has 1 aromatic heterocycles. The summed E-state index contributed by atoms with van der Waals surface area (Å²) in [5, 5.41) is 0. The molecule has 0 radical (unpaired) electrons. The van der Waals surface area contributed by atoms with Crippen LogP contribution in [0.1, 0.15) is 18.2 Å². The highest BCUT2D eigenvalue weighted by Crippen LogP contribution is 2.19.